The summed E-state index contributed by atoms with van der Waals surface area (Å²) in [6, 6.07) is 4.05. The molecule has 2 saturated heterocycles. The smallest absolute Gasteiger partial charge is 0.227 e. The predicted molar refractivity (Wildman–Crippen MR) is 72.8 cm³/mol. The second-order valence-electron chi connectivity index (χ2n) is 5.31. The molecule has 1 aromatic carbocycles. The van der Waals surface area contributed by atoms with Crippen LogP contribution in [0.1, 0.15) is 12.0 Å². The highest BCUT2D eigenvalue weighted by atomic mass is 35.5. The zero-order valence-electron chi connectivity index (χ0n) is 10.6. The van der Waals surface area contributed by atoms with Gasteiger partial charge in [-0.3, -0.25) is 4.79 Å². The van der Waals surface area contributed by atoms with E-state index < -0.39 is 15.7 Å². The van der Waals surface area contributed by atoms with Crippen molar-refractivity contribution in [3.63, 3.8) is 0 Å². The van der Waals surface area contributed by atoms with Crippen LogP contribution >= 0.6 is 11.6 Å². The number of rotatable bonds is 2. The lowest BCUT2D eigenvalue weighted by molar-refractivity contribution is -0.142. The Bertz CT molecular complexity index is 658. The number of fused-ring (bicyclic) bond motifs is 2. The van der Waals surface area contributed by atoms with E-state index in [1.165, 1.54) is 12.1 Å². The lowest BCUT2D eigenvalue weighted by Crippen LogP contribution is -2.67. The SMILES string of the molecule is O=C(Cc1cccc(Cl)c1F)N1C2CC1CS(=O)(=O)C2. The first-order valence-electron chi connectivity index (χ1n) is 6.32. The summed E-state index contributed by atoms with van der Waals surface area (Å²) in [6.45, 7) is 0. The molecule has 2 aliphatic heterocycles. The molecule has 7 heteroatoms. The quantitative estimate of drug-likeness (QED) is 0.829. The van der Waals surface area contributed by atoms with Crippen molar-refractivity contribution in [3.8, 4) is 0 Å². The van der Waals surface area contributed by atoms with Gasteiger partial charge in [-0.25, -0.2) is 12.8 Å². The number of sulfone groups is 1. The van der Waals surface area contributed by atoms with Crippen LogP contribution in [0.2, 0.25) is 5.02 Å². The van der Waals surface area contributed by atoms with E-state index in [0.29, 0.717) is 0 Å². The lowest BCUT2D eigenvalue weighted by atomic mass is 9.93. The molecule has 0 spiro atoms. The number of hydrogen-bond acceptors (Lipinski definition) is 3. The van der Waals surface area contributed by atoms with Crippen molar-refractivity contribution in [1.82, 2.24) is 4.90 Å². The molecule has 0 aromatic heterocycles. The number of carbonyl (C=O) groups excluding carboxylic acids is 1. The van der Waals surface area contributed by atoms with Crippen LogP contribution < -0.4 is 0 Å². The van der Waals surface area contributed by atoms with Crippen LogP contribution in [-0.2, 0) is 21.1 Å². The molecule has 0 saturated carbocycles. The molecule has 4 nitrogen and oxygen atoms in total. The monoisotopic (exact) mass is 317 g/mol. The fourth-order valence-corrected chi connectivity index (χ4v) is 5.09. The van der Waals surface area contributed by atoms with Crippen LogP contribution in [0.4, 0.5) is 4.39 Å². The summed E-state index contributed by atoms with van der Waals surface area (Å²) in [5, 5.41) is -0.0123. The van der Waals surface area contributed by atoms with E-state index in [1.807, 2.05) is 0 Å². The van der Waals surface area contributed by atoms with Gasteiger partial charge in [0.15, 0.2) is 9.84 Å². The van der Waals surface area contributed by atoms with E-state index in [2.05, 4.69) is 0 Å². The van der Waals surface area contributed by atoms with Crippen LogP contribution in [0, 0.1) is 5.82 Å². The molecule has 2 fully saturated rings. The Hall–Kier alpha value is -1.14. The molecule has 0 aliphatic carbocycles. The van der Waals surface area contributed by atoms with Gasteiger partial charge in [-0.1, -0.05) is 23.7 Å². The molecule has 108 valence electrons. The highest BCUT2D eigenvalue weighted by molar-refractivity contribution is 7.91. The second-order valence-corrected chi connectivity index (χ2v) is 7.87. The van der Waals surface area contributed by atoms with Gasteiger partial charge in [0.1, 0.15) is 5.82 Å². The Kier molecular flexibility index (Phi) is 3.25. The third-order valence-electron chi connectivity index (χ3n) is 3.88. The molecule has 2 heterocycles. The summed E-state index contributed by atoms with van der Waals surface area (Å²) in [5.74, 6) is -0.774. The van der Waals surface area contributed by atoms with Gasteiger partial charge in [0.2, 0.25) is 5.91 Å². The highest BCUT2D eigenvalue weighted by Gasteiger charge is 2.49. The first-order valence-corrected chi connectivity index (χ1v) is 8.52. The van der Waals surface area contributed by atoms with Crippen LogP contribution in [0.25, 0.3) is 0 Å². The zero-order valence-corrected chi connectivity index (χ0v) is 12.1. The van der Waals surface area contributed by atoms with Gasteiger partial charge in [-0.05, 0) is 18.1 Å². The molecule has 3 rings (SSSR count). The minimum atomic E-state index is -3.03. The summed E-state index contributed by atoms with van der Waals surface area (Å²) >= 11 is 5.68. The van der Waals surface area contributed by atoms with E-state index in [0.717, 1.165) is 6.42 Å². The highest BCUT2D eigenvalue weighted by Crippen LogP contribution is 2.34. The van der Waals surface area contributed by atoms with Crippen LogP contribution in [0.5, 0.6) is 0 Å². The van der Waals surface area contributed by atoms with Crippen molar-refractivity contribution >= 4 is 27.3 Å². The van der Waals surface area contributed by atoms with Crippen LogP contribution in [0.3, 0.4) is 0 Å². The number of likely N-dealkylation sites (tertiary alicyclic amines) is 1. The van der Waals surface area contributed by atoms with E-state index >= 15 is 0 Å². The standard InChI is InChI=1S/C13H13ClFNO3S/c14-11-3-1-2-8(13(11)15)4-12(17)16-9-5-10(16)7-20(18,19)6-9/h1-3,9-10H,4-7H2. The average Bonchev–Trinajstić information content (AvgIpc) is 2.33. The minimum Gasteiger partial charge on any atom is -0.334 e. The summed E-state index contributed by atoms with van der Waals surface area (Å²) < 4.78 is 36.8. The third kappa shape index (κ3) is 2.31. The Labute approximate surface area is 121 Å². The Balaban J connectivity index is 1.74. The molecular weight excluding hydrogens is 305 g/mol. The van der Waals surface area contributed by atoms with Gasteiger partial charge < -0.3 is 4.90 Å². The number of halogens is 2. The van der Waals surface area contributed by atoms with Crippen molar-refractivity contribution in [2.75, 3.05) is 11.5 Å². The molecule has 2 aliphatic rings. The first-order chi connectivity index (χ1) is 9.37. The first kappa shape index (κ1) is 13.8. The normalized spacial score (nSPS) is 27.0. The van der Waals surface area contributed by atoms with Crippen molar-refractivity contribution in [1.29, 1.82) is 0 Å². The maximum Gasteiger partial charge on any atom is 0.227 e. The van der Waals surface area contributed by atoms with Gasteiger partial charge in [0, 0.05) is 12.1 Å². The van der Waals surface area contributed by atoms with E-state index in [-0.39, 0.29) is 46.5 Å². The lowest BCUT2D eigenvalue weighted by Gasteiger charge is -2.52. The molecular formula is C13H13ClFNO3S. The Morgan fingerprint density at radius 3 is 2.65 bits per heavy atom. The molecule has 20 heavy (non-hydrogen) atoms. The van der Waals surface area contributed by atoms with Crippen molar-refractivity contribution < 1.29 is 17.6 Å². The second kappa shape index (κ2) is 4.70. The largest absolute Gasteiger partial charge is 0.334 e. The predicted octanol–water partition coefficient (Wildman–Crippen LogP) is 1.42. The maximum absolute atomic E-state index is 13.8. The van der Waals surface area contributed by atoms with Crippen LogP contribution in [0.15, 0.2) is 18.2 Å². The van der Waals surface area contributed by atoms with Crippen molar-refractivity contribution in [2.45, 2.75) is 24.9 Å². The van der Waals surface area contributed by atoms with Gasteiger partial charge in [-0.2, -0.15) is 0 Å². The molecule has 0 radical (unpaired) electrons. The molecule has 0 N–H and O–H groups in total. The van der Waals surface area contributed by atoms with Gasteiger partial charge in [0.05, 0.1) is 22.9 Å². The zero-order chi connectivity index (χ0) is 14.5. The molecule has 2 unspecified atom stereocenters. The van der Waals surface area contributed by atoms with Crippen molar-refractivity contribution in [2.24, 2.45) is 0 Å². The summed E-state index contributed by atoms with van der Waals surface area (Å²) in [5.41, 5.74) is 0.246. The summed E-state index contributed by atoms with van der Waals surface area (Å²) in [4.78, 5) is 13.8. The number of nitrogens with zero attached hydrogens (tertiary/aromatic N) is 1. The Morgan fingerprint density at radius 2 is 2.00 bits per heavy atom. The molecule has 1 aromatic rings. The fraction of sp³-hybridized carbons (Fsp3) is 0.462. The third-order valence-corrected chi connectivity index (χ3v) is 5.96. The molecule has 2 atom stereocenters. The van der Waals surface area contributed by atoms with Gasteiger partial charge in [0.25, 0.3) is 0 Å². The average molecular weight is 318 g/mol. The van der Waals surface area contributed by atoms with Gasteiger partial charge in [-0.15, -0.1) is 0 Å². The van der Waals surface area contributed by atoms with E-state index in [4.69, 9.17) is 11.6 Å². The number of carbonyl (C=O) groups is 1. The maximum atomic E-state index is 13.8. The Morgan fingerprint density at radius 1 is 1.35 bits per heavy atom. The van der Waals surface area contributed by atoms with E-state index in [9.17, 15) is 17.6 Å². The van der Waals surface area contributed by atoms with Crippen LogP contribution in [-0.4, -0.2) is 42.8 Å². The number of amides is 1. The minimum absolute atomic E-state index is 0.0123. The molecule has 2 bridgehead atoms. The van der Waals surface area contributed by atoms with Crippen molar-refractivity contribution in [3.05, 3.63) is 34.6 Å². The summed E-state index contributed by atoms with van der Waals surface area (Å²) in [7, 11) is -3.03. The molecule has 1 amide bonds. The fourth-order valence-electron chi connectivity index (χ4n) is 3.00. The topological polar surface area (TPSA) is 54.5 Å². The number of hydrogen-bond donors (Lipinski definition) is 0. The number of benzene rings is 1. The van der Waals surface area contributed by atoms with E-state index in [1.54, 1.807) is 11.0 Å². The van der Waals surface area contributed by atoms with Gasteiger partial charge >= 0.3 is 0 Å². The summed E-state index contributed by atoms with van der Waals surface area (Å²) in [6.07, 6.45) is 0.641.